The molecule has 2 nitrogen and oxygen atoms in total. The molecule has 0 N–H and O–H groups in total. The molecule has 0 amide bonds. The second-order valence-corrected chi connectivity index (χ2v) is 3.99. The predicted octanol–water partition coefficient (Wildman–Crippen LogP) is 2.97. The number of carbonyl (C=O) groups excluding carboxylic acids is 2. The Morgan fingerprint density at radius 1 is 1.06 bits per heavy atom. The van der Waals surface area contributed by atoms with Gasteiger partial charge >= 0.3 is 0 Å². The van der Waals surface area contributed by atoms with Gasteiger partial charge < -0.3 is 0 Å². The highest BCUT2D eigenvalue weighted by molar-refractivity contribution is 6.07. The lowest BCUT2D eigenvalue weighted by molar-refractivity contribution is -0.116. The van der Waals surface area contributed by atoms with Crippen molar-refractivity contribution in [1.29, 1.82) is 0 Å². The number of benzene rings is 1. The van der Waals surface area contributed by atoms with Crippen molar-refractivity contribution in [2.24, 2.45) is 0 Å². The van der Waals surface area contributed by atoms with E-state index in [1.54, 1.807) is 0 Å². The van der Waals surface area contributed by atoms with Gasteiger partial charge in [-0.25, -0.2) is 0 Å². The van der Waals surface area contributed by atoms with Crippen LogP contribution in [0.25, 0.3) is 0 Å². The number of hydrogen-bond donors (Lipinski definition) is 0. The van der Waals surface area contributed by atoms with Gasteiger partial charge in [0, 0.05) is 5.56 Å². The fourth-order valence-electron chi connectivity index (χ4n) is 1.80. The molecule has 0 saturated heterocycles. The van der Waals surface area contributed by atoms with Crippen LogP contribution < -0.4 is 0 Å². The van der Waals surface area contributed by atoms with Gasteiger partial charge in [0.2, 0.25) is 0 Å². The Bertz CT molecular complexity index is 405. The van der Waals surface area contributed by atoms with E-state index >= 15 is 0 Å². The van der Waals surface area contributed by atoms with Crippen LogP contribution in [0.15, 0.2) is 18.2 Å². The van der Waals surface area contributed by atoms with Gasteiger partial charge in [0.15, 0.2) is 5.78 Å². The second-order valence-electron chi connectivity index (χ2n) is 3.99. The Kier molecular flexibility index (Phi) is 4.41. The van der Waals surface area contributed by atoms with Crippen LogP contribution in [0.5, 0.6) is 0 Å². The van der Waals surface area contributed by atoms with E-state index in [0.29, 0.717) is 5.56 Å². The van der Waals surface area contributed by atoms with Gasteiger partial charge in [-0.15, -0.1) is 0 Å². The zero-order valence-corrected chi connectivity index (χ0v) is 10.2. The monoisotopic (exact) mass is 218 g/mol. The number of hydrogen-bond acceptors (Lipinski definition) is 2. The molecule has 0 fully saturated rings. The van der Waals surface area contributed by atoms with Crippen molar-refractivity contribution in [2.45, 2.75) is 40.0 Å². The molecule has 0 aromatic heterocycles. The average molecular weight is 218 g/mol. The lowest BCUT2D eigenvalue weighted by atomic mass is 9.97. The SMILES string of the molecule is CCc1ccc(C(=O)CC(C)=O)cc1CC. The third-order valence-corrected chi connectivity index (χ3v) is 2.70. The number of aryl methyl sites for hydroxylation is 2. The van der Waals surface area contributed by atoms with Crippen molar-refractivity contribution in [2.75, 3.05) is 0 Å². The van der Waals surface area contributed by atoms with E-state index in [2.05, 4.69) is 13.8 Å². The van der Waals surface area contributed by atoms with Gasteiger partial charge in [-0.1, -0.05) is 26.0 Å². The Morgan fingerprint density at radius 3 is 2.19 bits per heavy atom. The van der Waals surface area contributed by atoms with Crippen molar-refractivity contribution in [1.82, 2.24) is 0 Å². The van der Waals surface area contributed by atoms with Crippen LogP contribution in [0, 0.1) is 0 Å². The minimum absolute atomic E-state index is 0.00856. The fraction of sp³-hybridized carbons (Fsp3) is 0.429. The maximum Gasteiger partial charge on any atom is 0.170 e. The highest BCUT2D eigenvalue weighted by Crippen LogP contribution is 2.15. The van der Waals surface area contributed by atoms with Crippen LogP contribution in [-0.4, -0.2) is 11.6 Å². The Hall–Kier alpha value is -1.44. The summed E-state index contributed by atoms with van der Waals surface area (Å²) in [4.78, 5) is 22.6. The quantitative estimate of drug-likeness (QED) is 0.562. The van der Waals surface area contributed by atoms with E-state index in [1.807, 2.05) is 18.2 Å². The Labute approximate surface area is 96.7 Å². The molecule has 0 aliphatic rings. The number of Topliss-reactive ketones (excluding diaryl/α,β-unsaturated/α-hetero) is 2. The molecule has 0 aliphatic heterocycles. The molecule has 0 radical (unpaired) electrons. The van der Waals surface area contributed by atoms with E-state index in [1.165, 1.54) is 18.1 Å². The highest BCUT2D eigenvalue weighted by atomic mass is 16.1. The minimum Gasteiger partial charge on any atom is -0.300 e. The summed E-state index contributed by atoms with van der Waals surface area (Å²) in [5.41, 5.74) is 3.14. The van der Waals surface area contributed by atoms with Crippen LogP contribution in [0.4, 0.5) is 0 Å². The zero-order valence-electron chi connectivity index (χ0n) is 10.2. The van der Waals surface area contributed by atoms with Crippen LogP contribution in [0.3, 0.4) is 0 Å². The fourth-order valence-corrected chi connectivity index (χ4v) is 1.80. The van der Waals surface area contributed by atoms with Gasteiger partial charge in [0.25, 0.3) is 0 Å². The third-order valence-electron chi connectivity index (χ3n) is 2.70. The molecule has 1 aromatic rings. The van der Waals surface area contributed by atoms with E-state index in [0.717, 1.165) is 12.8 Å². The third kappa shape index (κ3) is 3.02. The summed E-state index contributed by atoms with van der Waals surface area (Å²) in [5.74, 6) is -0.160. The number of carbonyl (C=O) groups is 2. The van der Waals surface area contributed by atoms with E-state index in [-0.39, 0.29) is 18.0 Å². The summed E-state index contributed by atoms with van der Waals surface area (Å²) in [6.07, 6.45) is 1.91. The van der Waals surface area contributed by atoms with Gasteiger partial charge in [-0.05, 0) is 37.0 Å². The summed E-state index contributed by atoms with van der Waals surface area (Å²) in [5, 5.41) is 0. The van der Waals surface area contributed by atoms with Crippen LogP contribution >= 0.6 is 0 Å². The van der Waals surface area contributed by atoms with E-state index in [4.69, 9.17) is 0 Å². The number of rotatable bonds is 5. The van der Waals surface area contributed by atoms with Gasteiger partial charge in [-0.2, -0.15) is 0 Å². The van der Waals surface area contributed by atoms with Crippen molar-refractivity contribution >= 4 is 11.6 Å². The summed E-state index contributed by atoms with van der Waals surface area (Å²) >= 11 is 0. The summed E-state index contributed by atoms with van der Waals surface area (Å²) in [6, 6.07) is 5.74. The first-order chi connectivity index (χ1) is 7.58. The molecule has 0 bridgehead atoms. The van der Waals surface area contributed by atoms with Crippen LogP contribution in [0.2, 0.25) is 0 Å². The first-order valence-corrected chi connectivity index (χ1v) is 5.72. The highest BCUT2D eigenvalue weighted by Gasteiger charge is 2.10. The molecule has 0 heterocycles. The average Bonchev–Trinajstić information content (AvgIpc) is 2.27. The molecular weight excluding hydrogens is 200 g/mol. The lowest BCUT2D eigenvalue weighted by Crippen LogP contribution is -2.06. The predicted molar refractivity (Wildman–Crippen MR) is 64.8 cm³/mol. The first-order valence-electron chi connectivity index (χ1n) is 5.72. The topological polar surface area (TPSA) is 34.1 Å². The summed E-state index contributed by atoms with van der Waals surface area (Å²) in [6.45, 7) is 5.62. The standard InChI is InChI=1S/C14H18O2/c1-4-11-6-7-13(9-12(11)5-2)14(16)8-10(3)15/h6-7,9H,4-5,8H2,1-3H3. The van der Waals surface area contributed by atoms with Crippen LogP contribution in [-0.2, 0) is 17.6 Å². The van der Waals surface area contributed by atoms with Crippen molar-refractivity contribution in [3.63, 3.8) is 0 Å². The second kappa shape index (κ2) is 5.59. The van der Waals surface area contributed by atoms with Crippen LogP contribution in [0.1, 0.15) is 48.7 Å². The maximum absolute atomic E-state index is 11.7. The molecule has 1 rings (SSSR count). The molecule has 0 spiro atoms. The van der Waals surface area contributed by atoms with E-state index < -0.39 is 0 Å². The van der Waals surface area contributed by atoms with E-state index in [9.17, 15) is 9.59 Å². The molecule has 0 aliphatic carbocycles. The van der Waals surface area contributed by atoms with Gasteiger partial charge in [0.1, 0.15) is 5.78 Å². The number of ketones is 2. The van der Waals surface area contributed by atoms with Gasteiger partial charge in [0.05, 0.1) is 6.42 Å². The Balaban J connectivity index is 2.98. The summed E-state index contributed by atoms with van der Waals surface area (Å²) in [7, 11) is 0. The van der Waals surface area contributed by atoms with Crippen molar-refractivity contribution < 1.29 is 9.59 Å². The zero-order chi connectivity index (χ0) is 12.1. The lowest BCUT2D eigenvalue weighted by Gasteiger charge is -2.07. The normalized spacial score (nSPS) is 10.2. The van der Waals surface area contributed by atoms with Crippen molar-refractivity contribution in [3.05, 3.63) is 34.9 Å². The van der Waals surface area contributed by atoms with Gasteiger partial charge in [-0.3, -0.25) is 9.59 Å². The molecule has 0 saturated carbocycles. The largest absolute Gasteiger partial charge is 0.300 e. The maximum atomic E-state index is 11.7. The molecule has 16 heavy (non-hydrogen) atoms. The Morgan fingerprint density at radius 2 is 1.69 bits per heavy atom. The molecule has 0 atom stereocenters. The molecule has 0 unspecified atom stereocenters. The molecule has 86 valence electrons. The first kappa shape index (κ1) is 12.6. The smallest absolute Gasteiger partial charge is 0.170 e. The molecule has 1 aromatic carbocycles. The molecular formula is C14H18O2. The summed E-state index contributed by atoms with van der Waals surface area (Å²) < 4.78 is 0. The minimum atomic E-state index is -0.0809. The van der Waals surface area contributed by atoms with Crippen molar-refractivity contribution in [3.8, 4) is 0 Å². The molecule has 2 heteroatoms.